The minimum Gasteiger partial charge on any atom is -0.479 e. The van der Waals surface area contributed by atoms with E-state index in [1.165, 1.54) is 4.90 Å². The first-order valence-corrected chi connectivity index (χ1v) is 6.06. The average molecular weight is 259 g/mol. The molecule has 1 N–H and O–H groups in total. The lowest BCUT2D eigenvalue weighted by molar-refractivity contribution is -0.149. The van der Waals surface area contributed by atoms with Gasteiger partial charge < -0.3 is 19.5 Å². The average Bonchev–Trinajstić information content (AvgIpc) is 2.27. The Morgan fingerprint density at radius 1 is 1.33 bits per heavy atom. The summed E-state index contributed by atoms with van der Waals surface area (Å²) in [7, 11) is 0. The Bertz CT molecular complexity index is 304. The van der Waals surface area contributed by atoms with Crippen LogP contribution < -0.4 is 0 Å². The minimum atomic E-state index is -1.11. The zero-order chi connectivity index (χ0) is 13.8. The van der Waals surface area contributed by atoms with Crippen LogP contribution in [-0.2, 0) is 14.3 Å². The third-order valence-electron chi connectivity index (χ3n) is 2.59. The SMILES string of the molecule is CC(C)(C)CC(OC(=O)N1CCOCC1)C(=O)O. The fraction of sp³-hybridized carbons (Fsp3) is 0.833. The van der Waals surface area contributed by atoms with E-state index < -0.39 is 18.2 Å². The highest BCUT2D eigenvalue weighted by Crippen LogP contribution is 2.23. The molecule has 0 spiro atoms. The van der Waals surface area contributed by atoms with Crippen molar-refractivity contribution in [2.24, 2.45) is 5.41 Å². The van der Waals surface area contributed by atoms with Gasteiger partial charge in [0.25, 0.3) is 0 Å². The van der Waals surface area contributed by atoms with Crippen LogP contribution in [0.25, 0.3) is 0 Å². The van der Waals surface area contributed by atoms with Gasteiger partial charge in [-0.15, -0.1) is 0 Å². The Labute approximate surface area is 107 Å². The van der Waals surface area contributed by atoms with Gasteiger partial charge in [-0.25, -0.2) is 9.59 Å². The van der Waals surface area contributed by atoms with E-state index in [1.54, 1.807) is 0 Å². The van der Waals surface area contributed by atoms with E-state index in [1.807, 2.05) is 20.8 Å². The van der Waals surface area contributed by atoms with Crippen LogP contribution in [0.1, 0.15) is 27.2 Å². The number of rotatable bonds is 3. The van der Waals surface area contributed by atoms with Crippen molar-refractivity contribution in [3.8, 4) is 0 Å². The van der Waals surface area contributed by atoms with Crippen molar-refractivity contribution in [1.82, 2.24) is 4.90 Å². The molecule has 0 aromatic rings. The maximum atomic E-state index is 11.8. The standard InChI is InChI=1S/C12H21NO5/c1-12(2,3)8-9(10(14)15)18-11(16)13-4-6-17-7-5-13/h9H,4-8H2,1-3H3,(H,14,15). The lowest BCUT2D eigenvalue weighted by Gasteiger charge is -2.29. The Morgan fingerprint density at radius 2 is 1.89 bits per heavy atom. The molecule has 1 rings (SSSR count). The van der Waals surface area contributed by atoms with Crippen molar-refractivity contribution in [1.29, 1.82) is 0 Å². The molecule has 104 valence electrons. The highest BCUT2D eigenvalue weighted by atomic mass is 16.6. The van der Waals surface area contributed by atoms with Gasteiger partial charge >= 0.3 is 12.1 Å². The molecule has 1 heterocycles. The molecule has 1 unspecified atom stereocenters. The van der Waals surface area contributed by atoms with Crippen LogP contribution in [-0.4, -0.2) is 54.5 Å². The van der Waals surface area contributed by atoms with Crippen LogP contribution in [0.4, 0.5) is 4.79 Å². The molecule has 1 aliphatic heterocycles. The molecule has 0 aromatic carbocycles. The molecule has 0 bridgehead atoms. The van der Waals surface area contributed by atoms with Gasteiger partial charge in [0.15, 0.2) is 0 Å². The number of hydrogen-bond donors (Lipinski definition) is 1. The normalized spacial score (nSPS) is 18.3. The third kappa shape index (κ3) is 4.91. The smallest absolute Gasteiger partial charge is 0.410 e. The Morgan fingerprint density at radius 3 is 2.33 bits per heavy atom. The van der Waals surface area contributed by atoms with Crippen molar-refractivity contribution < 1.29 is 24.2 Å². The molecule has 1 aliphatic rings. The Kier molecular flexibility index (Phi) is 4.95. The first-order valence-electron chi connectivity index (χ1n) is 6.06. The maximum absolute atomic E-state index is 11.8. The molecule has 0 saturated carbocycles. The molecule has 1 fully saturated rings. The van der Waals surface area contributed by atoms with Gasteiger partial charge in [0.2, 0.25) is 6.10 Å². The monoisotopic (exact) mass is 259 g/mol. The van der Waals surface area contributed by atoms with E-state index in [2.05, 4.69) is 0 Å². The molecule has 1 amide bonds. The van der Waals surface area contributed by atoms with Gasteiger partial charge in [-0.3, -0.25) is 0 Å². The highest BCUT2D eigenvalue weighted by Gasteiger charge is 2.30. The van der Waals surface area contributed by atoms with E-state index >= 15 is 0 Å². The third-order valence-corrected chi connectivity index (χ3v) is 2.59. The predicted octanol–water partition coefficient (Wildman–Crippen LogP) is 1.34. The van der Waals surface area contributed by atoms with E-state index in [0.29, 0.717) is 32.7 Å². The topological polar surface area (TPSA) is 76.1 Å². The number of morpholine rings is 1. The molecule has 1 saturated heterocycles. The summed E-state index contributed by atoms with van der Waals surface area (Å²) in [5.41, 5.74) is -0.214. The van der Waals surface area contributed by atoms with Crippen LogP contribution in [0.2, 0.25) is 0 Å². The summed E-state index contributed by atoms with van der Waals surface area (Å²) in [5.74, 6) is -1.11. The van der Waals surface area contributed by atoms with Gasteiger partial charge in [0.1, 0.15) is 0 Å². The van der Waals surface area contributed by atoms with Crippen LogP contribution >= 0.6 is 0 Å². The number of carbonyl (C=O) groups is 2. The second-order valence-corrected chi connectivity index (χ2v) is 5.57. The van der Waals surface area contributed by atoms with Crippen molar-refractivity contribution >= 4 is 12.1 Å². The van der Waals surface area contributed by atoms with Crippen LogP contribution in [0.5, 0.6) is 0 Å². The lowest BCUT2D eigenvalue weighted by atomic mass is 9.89. The summed E-state index contributed by atoms with van der Waals surface area (Å²) in [6.45, 7) is 7.54. The molecular weight excluding hydrogens is 238 g/mol. The van der Waals surface area contributed by atoms with Crippen LogP contribution in [0.3, 0.4) is 0 Å². The van der Waals surface area contributed by atoms with E-state index in [9.17, 15) is 9.59 Å². The number of carboxylic acid groups (broad SMARTS) is 1. The Hall–Kier alpha value is -1.30. The van der Waals surface area contributed by atoms with E-state index in [0.717, 1.165) is 0 Å². The summed E-state index contributed by atoms with van der Waals surface area (Å²) >= 11 is 0. The van der Waals surface area contributed by atoms with Gasteiger partial charge in [-0.2, -0.15) is 0 Å². The Balaban J connectivity index is 2.54. The number of nitrogens with zero attached hydrogens (tertiary/aromatic N) is 1. The first-order chi connectivity index (χ1) is 8.29. The molecule has 1 atom stereocenters. The summed E-state index contributed by atoms with van der Waals surface area (Å²) in [5, 5.41) is 9.06. The summed E-state index contributed by atoms with van der Waals surface area (Å²) in [6.07, 6.45) is -1.38. The zero-order valence-corrected chi connectivity index (χ0v) is 11.1. The summed E-state index contributed by atoms with van der Waals surface area (Å²) < 4.78 is 10.2. The molecule has 6 heteroatoms. The fourth-order valence-electron chi connectivity index (χ4n) is 1.68. The van der Waals surface area contributed by atoms with Crippen LogP contribution in [0.15, 0.2) is 0 Å². The minimum absolute atomic E-state index is 0.214. The molecular formula is C12H21NO5. The second-order valence-electron chi connectivity index (χ2n) is 5.57. The number of carbonyl (C=O) groups excluding carboxylic acids is 1. The molecule has 6 nitrogen and oxygen atoms in total. The van der Waals surface area contributed by atoms with Crippen molar-refractivity contribution in [3.05, 3.63) is 0 Å². The van der Waals surface area contributed by atoms with Gasteiger partial charge in [-0.05, 0) is 5.41 Å². The van der Waals surface area contributed by atoms with Crippen molar-refractivity contribution in [2.45, 2.75) is 33.3 Å². The molecule has 18 heavy (non-hydrogen) atoms. The molecule has 0 aliphatic carbocycles. The molecule has 0 aromatic heterocycles. The number of aliphatic carboxylic acids is 1. The zero-order valence-electron chi connectivity index (χ0n) is 11.1. The summed E-state index contributed by atoms with van der Waals surface area (Å²) in [6, 6.07) is 0. The first kappa shape index (κ1) is 14.8. The molecule has 0 radical (unpaired) electrons. The lowest BCUT2D eigenvalue weighted by Crippen LogP contribution is -2.44. The second kappa shape index (κ2) is 6.04. The number of hydrogen-bond acceptors (Lipinski definition) is 4. The fourth-order valence-corrected chi connectivity index (χ4v) is 1.68. The highest BCUT2D eigenvalue weighted by molar-refractivity contribution is 5.77. The predicted molar refractivity (Wildman–Crippen MR) is 64.4 cm³/mol. The van der Waals surface area contributed by atoms with Gasteiger partial charge in [0.05, 0.1) is 13.2 Å². The summed E-state index contributed by atoms with van der Waals surface area (Å²) in [4.78, 5) is 24.3. The number of amides is 1. The van der Waals surface area contributed by atoms with Gasteiger partial charge in [-0.1, -0.05) is 20.8 Å². The largest absolute Gasteiger partial charge is 0.479 e. The van der Waals surface area contributed by atoms with Crippen molar-refractivity contribution in [2.75, 3.05) is 26.3 Å². The maximum Gasteiger partial charge on any atom is 0.410 e. The van der Waals surface area contributed by atoms with E-state index in [4.69, 9.17) is 14.6 Å². The van der Waals surface area contributed by atoms with E-state index in [-0.39, 0.29) is 5.41 Å². The quantitative estimate of drug-likeness (QED) is 0.827. The van der Waals surface area contributed by atoms with Gasteiger partial charge in [0, 0.05) is 19.5 Å². The van der Waals surface area contributed by atoms with Crippen molar-refractivity contribution in [3.63, 3.8) is 0 Å². The number of ether oxygens (including phenoxy) is 2. The number of carboxylic acids is 1. The van der Waals surface area contributed by atoms with Crippen LogP contribution in [0, 0.1) is 5.41 Å².